The maximum absolute atomic E-state index is 2.63. The molecule has 4 heteroatoms. The van der Waals surface area contributed by atoms with Crippen LogP contribution < -0.4 is 21.3 Å². The molecule has 0 radical (unpaired) electrons. The number of aryl methyl sites for hydroxylation is 1. The van der Waals surface area contributed by atoms with E-state index in [2.05, 4.69) is 213 Å². The Morgan fingerprint density at radius 2 is 1.13 bits per heavy atom. The molecule has 2 aliphatic rings. The van der Waals surface area contributed by atoms with E-state index in [9.17, 15) is 0 Å². The average Bonchev–Trinajstić information content (AvgIpc) is 3.62. The third-order valence-electron chi connectivity index (χ3n) is 12.8. The fourth-order valence-electron chi connectivity index (χ4n) is 9.76. The Balaban J connectivity index is 1.17. The van der Waals surface area contributed by atoms with Gasteiger partial charge in [-0.05, 0) is 117 Å². The standard InChI is InChI=1S/C56H47BN2S/c1-5-6-17-41-32-39(37-18-9-7-10-19-37)26-30-48(41)59-51-31-27-40(38-20-11-8-12-21-38)33-47(51)57-46-29-28-43(58-49-24-15-13-22-44(49)45-23-14-16-25-50(45)58)36-53(46)60-54-35-42(56(2,3)4)34-52(59)55(54)57/h7-16,18-36H,5-6,17H2,1-4H3. The molecule has 0 aliphatic carbocycles. The van der Waals surface area contributed by atoms with Crippen LogP contribution in [0, 0.1) is 0 Å². The van der Waals surface area contributed by atoms with Gasteiger partial charge in [0.2, 0.25) is 6.71 Å². The Labute approximate surface area is 358 Å². The van der Waals surface area contributed by atoms with Crippen LogP contribution in [0.25, 0.3) is 49.7 Å². The Hall–Kier alpha value is -6.23. The highest BCUT2D eigenvalue weighted by Crippen LogP contribution is 2.46. The third kappa shape index (κ3) is 6.03. The zero-order valence-corrected chi connectivity index (χ0v) is 35.6. The molecule has 8 aromatic carbocycles. The molecular formula is C56H47BN2S. The van der Waals surface area contributed by atoms with Crippen molar-refractivity contribution in [3.8, 4) is 27.9 Å². The van der Waals surface area contributed by atoms with Gasteiger partial charge in [0.1, 0.15) is 0 Å². The largest absolute Gasteiger partial charge is 0.311 e. The van der Waals surface area contributed by atoms with Crippen molar-refractivity contribution in [3.05, 3.63) is 187 Å². The lowest BCUT2D eigenvalue weighted by Crippen LogP contribution is -2.60. The zero-order chi connectivity index (χ0) is 40.5. The van der Waals surface area contributed by atoms with Gasteiger partial charge in [-0.25, -0.2) is 0 Å². The summed E-state index contributed by atoms with van der Waals surface area (Å²) in [5.41, 5.74) is 19.4. The number of para-hydroxylation sites is 2. The summed E-state index contributed by atoms with van der Waals surface area (Å²) in [5, 5.41) is 2.57. The predicted octanol–water partition coefficient (Wildman–Crippen LogP) is 13.5. The van der Waals surface area contributed by atoms with E-state index in [1.807, 2.05) is 11.8 Å². The van der Waals surface area contributed by atoms with Crippen LogP contribution in [0.5, 0.6) is 0 Å². The Bertz CT molecular complexity index is 3050. The molecule has 11 rings (SSSR count). The van der Waals surface area contributed by atoms with E-state index in [0.717, 1.165) is 19.3 Å². The molecular weight excluding hydrogens is 744 g/mol. The molecule has 0 bridgehead atoms. The summed E-state index contributed by atoms with van der Waals surface area (Å²) in [5.74, 6) is 0. The summed E-state index contributed by atoms with van der Waals surface area (Å²) in [6, 6.07) is 66.2. The third-order valence-corrected chi connectivity index (χ3v) is 13.9. The Morgan fingerprint density at radius 1 is 0.517 bits per heavy atom. The Morgan fingerprint density at radius 3 is 1.78 bits per heavy atom. The molecule has 9 aromatic rings. The van der Waals surface area contributed by atoms with E-state index in [0.29, 0.717) is 0 Å². The van der Waals surface area contributed by atoms with Crippen molar-refractivity contribution < 1.29 is 0 Å². The lowest BCUT2D eigenvalue weighted by atomic mass is 9.34. The normalized spacial score (nSPS) is 13.1. The van der Waals surface area contributed by atoms with Gasteiger partial charge in [-0.15, -0.1) is 0 Å². The highest BCUT2D eigenvalue weighted by molar-refractivity contribution is 8.00. The van der Waals surface area contributed by atoms with Crippen molar-refractivity contribution in [1.82, 2.24) is 4.57 Å². The second kappa shape index (κ2) is 14.5. The first kappa shape index (κ1) is 36.8. The zero-order valence-electron chi connectivity index (χ0n) is 34.7. The number of fused-ring (bicyclic) bond motifs is 7. The number of rotatable bonds is 7. The molecule has 0 unspecified atom stereocenters. The number of nitrogens with zero attached hydrogens (tertiary/aromatic N) is 2. The van der Waals surface area contributed by atoms with Crippen LogP contribution in [0.3, 0.4) is 0 Å². The van der Waals surface area contributed by atoms with Gasteiger partial charge in [-0.3, -0.25) is 0 Å². The van der Waals surface area contributed by atoms with Gasteiger partial charge in [0.05, 0.1) is 11.0 Å². The fraction of sp³-hybridized carbons (Fsp3) is 0.143. The van der Waals surface area contributed by atoms with E-state index in [4.69, 9.17) is 0 Å². The molecule has 0 amide bonds. The van der Waals surface area contributed by atoms with Crippen LogP contribution in [0.4, 0.5) is 17.1 Å². The maximum Gasteiger partial charge on any atom is 0.249 e. The smallest absolute Gasteiger partial charge is 0.249 e. The van der Waals surface area contributed by atoms with Gasteiger partial charge < -0.3 is 9.47 Å². The minimum atomic E-state index is -0.0436. The number of aromatic nitrogens is 1. The van der Waals surface area contributed by atoms with Gasteiger partial charge in [0.15, 0.2) is 0 Å². The van der Waals surface area contributed by atoms with Crippen molar-refractivity contribution in [3.63, 3.8) is 0 Å². The Kier molecular flexibility index (Phi) is 8.90. The number of anilines is 3. The molecule has 3 heterocycles. The van der Waals surface area contributed by atoms with Crippen LogP contribution in [-0.4, -0.2) is 11.3 Å². The van der Waals surface area contributed by atoms with Gasteiger partial charge in [-0.1, -0.05) is 173 Å². The number of hydrogen-bond donors (Lipinski definition) is 0. The lowest BCUT2D eigenvalue weighted by molar-refractivity contribution is 0.589. The van der Waals surface area contributed by atoms with Crippen molar-refractivity contribution in [2.24, 2.45) is 0 Å². The molecule has 2 nitrogen and oxygen atoms in total. The van der Waals surface area contributed by atoms with Crippen LogP contribution in [0.2, 0.25) is 0 Å². The second-order valence-electron chi connectivity index (χ2n) is 17.6. The highest BCUT2D eigenvalue weighted by Gasteiger charge is 2.42. The van der Waals surface area contributed by atoms with Crippen LogP contribution in [-0.2, 0) is 11.8 Å². The first-order chi connectivity index (χ1) is 29.4. The fourth-order valence-corrected chi connectivity index (χ4v) is 11.0. The summed E-state index contributed by atoms with van der Waals surface area (Å²) < 4.78 is 2.46. The highest BCUT2D eigenvalue weighted by atomic mass is 32.2. The monoisotopic (exact) mass is 790 g/mol. The van der Waals surface area contributed by atoms with E-state index >= 15 is 0 Å². The maximum atomic E-state index is 2.63. The molecule has 0 N–H and O–H groups in total. The molecule has 1 aromatic heterocycles. The summed E-state index contributed by atoms with van der Waals surface area (Å²) in [6.45, 7) is 9.45. The molecule has 0 spiro atoms. The molecule has 0 saturated heterocycles. The van der Waals surface area contributed by atoms with E-state index < -0.39 is 0 Å². The van der Waals surface area contributed by atoms with Crippen molar-refractivity contribution in [1.29, 1.82) is 0 Å². The van der Waals surface area contributed by atoms with E-state index in [1.165, 1.54) is 104 Å². The van der Waals surface area contributed by atoms with Gasteiger partial charge in [-0.2, -0.15) is 0 Å². The first-order valence-electron chi connectivity index (χ1n) is 21.5. The molecule has 0 saturated carbocycles. The summed E-state index contributed by atoms with van der Waals surface area (Å²) in [4.78, 5) is 5.31. The van der Waals surface area contributed by atoms with Crippen molar-refractivity contribution in [2.75, 3.05) is 4.90 Å². The van der Waals surface area contributed by atoms with E-state index in [1.54, 1.807) is 0 Å². The summed E-state index contributed by atoms with van der Waals surface area (Å²) >= 11 is 1.95. The first-order valence-corrected chi connectivity index (χ1v) is 22.3. The van der Waals surface area contributed by atoms with Gasteiger partial charge in [0, 0.05) is 43.3 Å². The number of hydrogen-bond acceptors (Lipinski definition) is 2. The minimum absolute atomic E-state index is 0.0436. The van der Waals surface area contributed by atoms with Gasteiger partial charge >= 0.3 is 0 Å². The van der Waals surface area contributed by atoms with Crippen molar-refractivity contribution in [2.45, 2.75) is 62.2 Å². The second-order valence-corrected chi connectivity index (χ2v) is 18.7. The topological polar surface area (TPSA) is 8.17 Å². The minimum Gasteiger partial charge on any atom is -0.311 e. The molecule has 60 heavy (non-hydrogen) atoms. The molecule has 2 aliphatic heterocycles. The quantitative estimate of drug-likeness (QED) is 0.149. The number of unbranched alkanes of at least 4 members (excludes halogenated alkanes) is 1. The predicted molar refractivity (Wildman–Crippen MR) is 259 cm³/mol. The van der Waals surface area contributed by atoms with Crippen molar-refractivity contribution >= 4 is 73.7 Å². The molecule has 290 valence electrons. The lowest BCUT2D eigenvalue weighted by Gasteiger charge is -2.42. The van der Waals surface area contributed by atoms with Crippen LogP contribution >= 0.6 is 11.8 Å². The van der Waals surface area contributed by atoms with Gasteiger partial charge in [0.25, 0.3) is 0 Å². The molecule has 0 fully saturated rings. The molecule has 0 atom stereocenters. The average molecular weight is 791 g/mol. The van der Waals surface area contributed by atoms with Crippen LogP contribution in [0.15, 0.2) is 186 Å². The SMILES string of the molecule is CCCCc1cc(-c2ccccc2)ccc1N1c2ccc(-c3ccccc3)cc2B2c3ccc(-n4c5ccccc5c5ccccc54)cc3Sc3cc(C(C)(C)C)cc1c32. The van der Waals surface area contributed by atoms with Crippen LogP contribution in [0.1, 0.15) is 51.7 Å². The summed E-state index contributed by atoms with van der Waals surface area (Å²) in [7, 11) is 0. The van der Waals surface area contributed by atoms with E-state index in [-0.39, 0.29) is 12.1 Å². The number of benzene rings is 8. The summed E-state index contributed by atoms with van der Waals surface area (Å²) in [6.07, 6.45) is 3.31.